The first kappa shape index (κ1) is 22.9. The molecule has 0 aliphatic heterocycles. The molecule has 0 aliphatic carbocycles. The monoisotopic (exact) mass is 347 g/mol. The topological polar surface area (TPSA) is 37.3 Å². The molecule has 113 valence electrons. The number of Topliss-reactive ketones (excluding diaryl/α,β-unsaturated/α-hetero) is 1. The first-order valence-electron chi connectivity index (χ1n) is 3.98. The standard InChI is InChI=1S/C5H2F6O2.C3H9P.Cu/c6-4(7,8)1-2(12)3(13)5(9,10)11;1-4(2)3;/h1,12H;1-3H3;/b2-1-;;. The Balaban J connectivity index is -0.000000392. The molecule has 0 spiro atoms. The van der Waals surface area contributed by atoms with E-state index < -0.39 is 30.0 Å². The van der Waals surface area contributed by atoms with E-state index in [2.05, 4.69) is 20.0 Å². The zero-order chi connectivity index (χ0) is 14.4. The molecule has 0 aliphatic rings. The van der Waals surface area contributed by atoms with Crippen LogP contribution in [0.25, 0.3) is 0 Å². The third kappa shape index (κ3) is 15.7. The van der Waals surface area contributed by atoms with Crippen LogP contribution in [-0.2, 0) is 21.9 Å². The fraction of sp³-hybridized carbons (Fsp3) is 0.625. The van der Waals surface area contributed by atoms with E-state index in [9.17, 15) is 31.1 Å². The molecular formula is C8H11CuF6O2P. The molecule has 1 N–H and O–H groups in total. The van der Waals surface area contributed by atoms with Crippen molar-refractivity contribution < 1.29 is 53.3 Å². The molecule has 0 heterocycles. The predicted octanol–water partition coefficient (Wildman–Crippen LogP) is 3.48. The van der Waals surface area contributed by atoms with Crippen molar-refractivity contribution in [1.82, 2.24) is 0 Å². The molecule has 0 saturated heterocycles. The second-order valence-electron chi connectivity index (χ2n) is 3.24. The van der Waals surface area contributed by atoms with Crippen LogP contribution in [0.2, 0.25) is 0 Å². The molecule has 10 heteroatoms. The van der Waals surface area contributed by atoms with Crippen molar-refractivity contribution in [2.75, 3.05) is 20.0 Å². The van der Waals surface area contributed by atoms with Gasteiger partial charge in [-0.2, -0.15) is 26.3 Å². The summed E-state index contributed by atoms with van der Waals surface area (Å²) in [6.45, 7) is 6.69. The molecule has 0 aromatic heterocycles. The number of aliphatic hydroxyl groups is 1. The van der Waals surface area contributed by atoms with Crippen LogP contribution in [0.3, 0.4) is 0 Å². The van der Waals surface area contributed by atoms with Gasteiger partial charge in [0, 0.05) is 17.1 Å². The molecule has 0 bridgehead atoms. The molecule has 18 heavy (non-hydrogen) atoms. The number of carbonyl (C=O) groups excluding carboxylic acids is 1. The minimum atomic E-state index is -5.51. The quantitative estimate of drug-likeness (QED) is 0.259. The summed E-state index contributed by atoms with van der Waals surface area (Å²) in [5, 5.41) is 8.06. The summed E-state index contributed by atoms with van der Waals surface area (Å²) in [6.07, 6.45) is -11.8. The van der Waals surface area contributed by atoms with Gasteiger partial charge in [-0.15, -0.1) is 7.92 Å². The van der Waals surface area contributed by atoms with Crippen molar-refractivity contribution >= 4 is 13.7 Å². The van der Waals surface area contributed by atoms with Crippen LogP contribution < -0.4 is 0 Å². The maximum absolute atomic E-state index is 11.4. The van der Waals surface area contributed by atoms with Gasteiger partial charge in [0.05, 0.1) is 6.08 Å². The predicted molar refractivity (Wildman–Crippen MR) is 52.5 cm³/mol. The molecule has 0 amide bonds. The van der Waals surface area contributed by atoms with Gasteiger partial charge in [0.15, 0.2) is 5.76 Å². The molecule has 0 fully saturated rings. The Labute approximate surface area is 112 Å². The molecule has 1 radical (unpaired) electrons. The number of allylic oxidation sites excluding steroid dienone is 2. The van der Waals surface area contributed by atoms with Gasteiger partial charge in [-0.3, -0.25) is 4.79 Å². The number of alkyl halides is 6. The number of carbonyl (C=O) groups is 1. The van der Waals surface area contributed by atoms with E-state index in [0.717, 1.165) is 0 Å². The van der Waals surface area contributed by atoms with E-state index >= 15 is 0 Å². The van der Waals surface area contributed by atoms with Crippen molar-refractivity contribution in [1.29, 1.82) is 0 Å². The van der Waals surface area contributed by atoms with Gasteiger partial charge in [0.2, 0.25) is 0 Å². The van der Waals surface area contributed by atoms with Gasteiger partial charge in [-0.05, 0) is 20.0 Å². The number of ketones is 1. The maximum atomic E-state index is 11.4. The third-order valence-corrected chi connectivity index (χ3v) is 0.790. The number of halogens is 6. The number of hydrogen-bond donors (Lipinski definition) is 1. The van der Waals surface area contributed by atoms with Crippen LogP contribution in [-0.4, -0.2) is 43.2 Å². The Hall–Kier alpha value is -0.261. The summed E-state index contributed by atoms with van der Waals surface area (Å²) in [5.41, 5.74) is 0. The van der Waals surface area contributed by atoms with Crippen molar-refractivity contribution in [3.05, 3.63) is 11.8 Å². The molecule has 0 atom stereocenters. The van der Waals surface area contributed by atoms with E-state index in [1.807, 2.05) is 0 Å². The van der Waals surface area contributed by atoms with Crippen LogP contribution in [0, 0.1) is 0 Å². The summed E-state index contributed by atoms with van der Waals surface area (Å²) < 4.78 is 68.0. The molecule has 0 saturated carbocycles. The van der Waals surface area contributed by atoms with E-state index in [4.69, 9.17) is 5.11 Å². The Morgan fingerprint density at radius 3 is 1.50 bits per heavy atom. The molecule has 0 aromatic rings. The smallest absolute Gasteiger partial charge is 0.458 e. The fourth-order valence-corrected chi connectivity index (χ4v) is 0.366. The van der Waals surface area contributed by atoms with E-state index in [0.29, 0.717) is 7.92 Å². The average molecular weight is 348 g/mol. The van der Waals surface area contributed by atoms with E-state index in [1.54, 1.807) is 0 Å². The normalized spacial score (nSPS) is 12.4. The van der Waals surface area contributed by atoms with Crippen molar-refractivity contribution in [2.45, 2.75) is 12.4 Å². The second-order valence-corrected chi connectivity index (χ2v) is 5.92. The van der Waals surface area contributed by atoms with Gasteiger partial charge in [-0.1, -0.05) is 0 Å². The second kappa shape index (κ2) is 8.77. The van der Waals surface area contributed by atoms with Gasteiger partial charge >= 0.3 is 18.1 Å². The Morgan fingerprint density at radius 1 is 1.06 bits per heavy atom. The molecule has 2 nitrogen and oxygen atoms in total. The largest absolute Gasteiger partial charge is 0.504 e. The van der Waals surface area contributed by atoms with Gasteiger partial charge < -0.3 is 5.11 Å². The van der Waals surface area contributed by atoms with Crippen LogP contribution >= 0.6 is 7.92 Å². The summed E-state index contributed by atoms with van der Waals surface area (Å²) in [5.74, 6) is -5.30. The summed E-state index contributed by atoms with van der Waals surface area (Å²) in [6, 6.07) is 0. The maximum Gasteiger partial charge on any atom is 0.458 e. The third-order valence-electron chi connectivity index (χ3n) is 0.790. The Morgan fingerprint density at radius 2 is 1.33 bits per heavy atom. The van der Waals surface area contributed by atoms with Crippen molar-refractivity contribution in [3.8, 4) is 0 Å². The molecule has 0 aromatic carbocycles. The van der Waals surface area contributed by atoms with E-state index in [1.165, 1.54) is 0 Å². The first-order chi connectivity index (χ1) is 7.27. The van der Waals surface area contributed by atoms with Crippen LogP contribution in [0.1, 0.15) is 0 Å². The van der Waals surface area contributed by atoms with Gasteiger partial charge in [0.1, 0.15) is 0 Å². The van der Waals surface area contributed by atoms with Crippen LogP contribution in [0.5, 0.6) is 0 Å². The number of hydrogen-bond acceptors (Lipinski definition) is 2. The Bertz CT molecular complexity index is 282. The zero-order valence-corrected chi connectivity index (χ0v) is 11.3. The molecule has 0 unspecified atom stereocenters. The van der Waals surface area contributed by atoms with Crippen molar-refractivity contribution in [3.63, 3.8) is 0 Å². The molecule has 0 rings (SSSR count). The van der Waals surface area contributed by atoms with Gasteiger partial charge in [-0.25, -0.2) is 0 Å². The number of aliphatic hydroxyl groups excluding tert-OH is 1. The zero-order valence-electron chi connectivity index (χ0n) is 9.45. The van der Waals surface area contributed by atoms with Gasteiger partial charge in [0.25, 0.3) is 0 Å². The first-order valence-corrected chi connectivity index (χ1v) is 6.66. The number of rotatable bonds is 1. The summed E-state index contributed by atoms with van der Waals surface area (Å²) in [4.78, 5) is 9.90. The van der Waals surface area contributed by atoms with Crippen LogP contribution in [0.15, 0.2) is 11.8 Å². The summed E-state index contributed by atoms with van der Waals surface area (Å²) >= 11 is 0. The fourth-order valence-electron chi connectivity index (χ4n) is 0.366. The van der Waals surface area contributed by atoms with E-state index in [-0.39, 0.29) is 17.1 Å². The minimum absolute atomic E-state index is 0. The minimum Gasteiger partial charge on any atom is -0.504 e. The SMILES string of the molecule is CP(C)C.O=C(/C(O)=C/C(F)(F)F)C(F)(F)F.[Cu]. The summed E-state index contributed by atoms with van der Waals surface area (Å²) in [7, 11) is 0.380. The van der Waals surface area contributed by atoms with Crippen LogP contribution in [0.4, 0.5) is 26.3 Å². The Kier molecular flexibility index (Phi) is 11.2. The van der Waals surface area contributed by atoms with Crippen molar-refractivity contribution in [2.24, 2.45) is 0 Å². The average Bonchev–Trinajstić information content (AvgIpc) is 1.96. The molecular weight excluding hydrogens is 337 g/mol.